The summed E-state index contributed by atoms with van der Waals surface area (Å²) in [5.41, 5.74) is 2.38. The van der Waals surface area contributed by atoms with Gasteiger partial charge in [0.25, 0.3) is 0 Å². The second-order valence-electron chi connectivity index (χ2n) is 11.5. The smallest absolute Gasteiger partial charge is 0.229 e. The number of amides is 2. The molecule has 0 bridgehead atoms. The molecule has 4 aliphatic rings. The summed E-state index contributed by atoms with van der Waals surface area (Å²) in [6, 6.07) is 19.1. The molecular formula is C30H37BrClN3O2. The summed E-state index contributed by atoms with van der Waals surface area (Å²) >= 11 is 3.50. The molecule has 2 atom stereocenters. The molecule has 3 heterocycles. The zero-order valence-corrected chi connectivity index (χ0v) is 23.8. The summed E-state index contributed by atoms with van der Waals surface area (Å²) in [6.07, 6.45) is 5.02. The number of carbonyl (C=O) groups excluding carboxylic acids is 2. The lowest BCUT2D eigenvalue weighted by Gasteiger charge is -2.39. The van der Waals surface area contributed by atoms with Gasteiger partial charge in [-0.05, 0) is 74.4 Å². The van der Waals surface area contributed by atoms with Crippen molar-refractivity contribution in [3.63, 3.8) is 0 Å². The van der Waals surface area contributed by atoms with E-state index in [9.17, 15) is 9.59 Å². The van der Waals surface area contributed by atoms with Crippen LogP contribution in [0.3, 0.4) is 0 Å². The van der Waals surface area contributed by atoms with Gasteiger partial charge in [0.15, 0.2) is 0 Å². The van der Waals surface area contributed by atoms with Gasteiger partial charge in [-0.3, -0.25) is 9.59 Å². The summed E-state index contributed by atoms with van der Waals surface area (Å²) in [4.78, 5) is 33.1. The summed E-state index contributed by atoms with van der Waals surface area (Å²) in [6.45, 7) is 6.27. The van der Waals surface area contributed by atoms with Crippen molar-refractivity contribution in [3.8, 4) is 0 Å². The van der Waals surface area contributed by atoms with Crippen LogP contribution in [-0.4, -0.2) is 65.8 Å². The number of rotatable bonds is 6. The summed E-state index contributed by atoms with van der Waals surface area (Å²) in [5, 5.41) is 0. The Morgan fingerprint density at radius 3 is 2.27 bits per heavy atom. The predicted octanol–water partition coefficient (Wildman–Crippen LogP) is 5.34. The number of hydrogen-bond acceptors (Lipinski definition) is 3. The lowest BCUT2D eigenvalue weighted by atomic mass is 9.76. The Kier molecular flexibility index (Phi) is 7.99. The lowest BCUT2D eigenvalue weighted by molar-refractivity contribution is -0.139. The van der Waals surface area contributed by atoms with Gasteiger partial charge in [0.2, 0.25) is 11.8 Å². The summed E-state index contributed by atoms with van der Waals surface area (Å²) in [5.74, 6) is 1.87. The monoisotopic (exact) mass is 585 g/mol. The van der Waals surface area contributed by atoms with Crippen LogP contribution in [0.4, 0.5) is 0 Å². The minimum atomic E-state index is -0.172. The largest absolute Gasteiger partial charge is 0.341 e. The Labute approximate surface area is 235 Å². The van der Waals surface area contributed by atoms with Crippen molar-refractivity contribution in [2.24, 2.45) is 17.3 Å². The first kappa shape index (κ1) is 26.7. The minimum absolute atomic E-state index is 0. The molecule has 0 N–H and O–H groups in total. The molecule has 0 unspecified atom stereocenters. The van der Waals surface area contributed by atoms with Crippen LogP contribution in [0.2, 0.25) is 0 Å². The molecule has 2 amide bonds. The Morgan fingerprint density at radius 2 is 1.59 bits per heavy atom. The molecule has 1 saturated carbocycles. The van der Waals surface area contributed by atoms with Gasteiger partial charge < -0.3 is 14.7 Å². The van der Waals surface area contributed by atoms with Gasteiger partial charge in [-0.2, -0.15) is 0 Å². The van der Waals surface area contributed by atoms with Crippen molar-refractivity contribution in [1.82, 2.24) is 14.7 Å². The Morgan fingerprint density at radius 1 is 0.919 bits per heavy atom. The van der Waals surface area contributed by atoms with Crippen LogP contribution >= 0.6 is 28.3 Å². The maximum atomic E-state index is 13.5. The van der Waals surface area contributed by atoms with E-state index < -0.39 is 0 Å². The standard InChI is InChI=1S/C30H36BrN3O2.ClH/c31-26-10-6-22(7-11-26)18-33-17-14-30(29(33)36)12-15-32(16-13-30)19-25-20-34(28(35)24-8-9-24)21-27(25)23-4-2-1-3-5-23;/h1-7,10-11,24-25,27H,8-9,12-21H2;1H/t25-,27+;/m0./s1. The molecule has 198 valence electrons. The van der Waals surface area contributed by atoms with E-state index in [1.54, 1.807) is 0 Å². The first-order chi connectivity index (χ1) is 17.5. The number of hydrogen-bond donors (Lipinski definition) is 0. The molecule has 37 heavy (non-hydrogen) atoms. The van der Waals surface area contributed by atoms with Gasteiger partial charge in [0, 0.05) is 49.0 Å². The summed E-state index contributed by atoms with van der Waals surface area (Å²) in [7, 11) is 0. The van der Waals surface area contributed by atoms with E-state index in [2.05, 4.69) is 85.2 Å². The second kappa shape index (κ2) is 11.1. The maximum absolute atomic E-state index is 13.5. The van der Waals surface area contributed by atoms with Gasteiger partial charge in [0.1, 0.15) is 0 Å². The fraction of sp³-hybridized carbons (Fsp3) is 0.533. The Balaban J connectivity index is 0.00000280. The highest BCUT2D eigenvalue weighted by Crippen LogP contribution is 2.43. The van der Waals surface area contributed by atoms with Crippen molar-refractivity contribution in [2.45, 2.75) is 44.6 Å². The molecule has 0 radical (unpaired) electrons. The fourth-order valence-corrected chi connectivity index (χ4v) is 6.98. The van der Waals surface area contributed by atoms with Gasteiger partial charge in [0.05, 0.1) is 5.41 Å². The van der Waals surface area contributed by atoms with Crippen LogP contribution in [0.1, 0.15) is 49.1 Å². The van der Waals surface area contributed by atoms with Crippen LogP contribution in [0.5, 0.6) is 0 Å². The predicted molar refractivity (Wildman–Crippen MR) is 152 cm³/mol. The van der Waals surface area contributed by atoms with E-state index in [-0.39, 0.29) is 23.7 Å². The van der Waals surface area contributed by atoms with Crippen molar-refractivity contribution in [3.05, 3.63) is 70.2 Å². The van der Waals surface area contributed by atoms with Gasteiger partial charge in [-0.1, -0.05) is 58.4 Å². The molecule has 1 spiro atoms. The molecule has 5 nitrogen and oxygen atoms in total. The van der Waals surface area contributed by atoms with E-state index in [0.29, 0.717) is 30.2 Å². The third kappa shape index (κ3) is 5.62. The summed E-state index contributed by atoms with van der Waals surface area (Å²) < 4.78 is 1.07. The Bertz CT molecular complexity index is 1100. The zero-order chi connectivity index (χ0) is 24.7. The number of nitrogens with zero attached hydrogens (tertiary/aromatic N) is 3. The van der Waals surface area contributed by atoms with Crippen molar-refractivity contribution < 1.29 is 9.59 Å². The molecule has 3 saturated heterocycles. The fourth-order valence-electron chi connectivity index (χ4n) is 6.72. The van der Waals surface area contributed by atoms with E-state index in [1.807, 2.05) is 0 Å². The lowest BCUT2D eigenvalue weighted by Crippen LogP contribution is -2.46. The van der Waals surface area contributed by atoms with Crippen LogP contribution in [-0.2, 0) is 16.1 Å². The van der Waals surface area contributed by atoms with Crippen LogP contribution < -0.4 is 0 Å². The molecular weight excluding hydrogens is 550 g/mol. The topological polar surface area (TPSA) is 43.9 Å². The highest BCUT2D eigenvalue weighted by atomic mass is 79.9. The Hall–Kier alpha value is -1.89. The average Bonchev–Trinajstić information content (AvgIpc) is 3.61. The van der Waals surface area contributed by atoms with Gasteiger partial charge in [-0.25, -0.2) is 0 Å². The second-order valence-corrected chi connectivity index (χ2v) is 12.4. The number of halogens is 2. The van der Waals surface area contributed by atoms with E-state index in [1.165, 1.54) is 11.1 Å². The van der Waals surface area contributed by atoms with Crippen molar-refractivity contribution >= 4 is 40.2 Å². The molecule has 2 aromatic rings. The number of likely N-dealkylation sites (tertiary alicyclic amines) is 3. The van der Waals surface area contributed by atoms with E-state index in [4.69, 9.17) is 0 Å². The number of carbonyl (C=O) groups is 2. The SMILES string of the molecule is Cl.O=C(C1CC1)N1C[C@H](CN2CCC3(CC2)CCN(Cc2ccc(Br)cc2)C3=O)[C@@H](c2ccccc2)C1. The first-order valence-electron chi connectivity index (χ1n) is 13.6. The normalized spacial score (nSPS) is 25.5. The van der Waals surface area contributed by atoms with Crippen molar-refractivity contribution in [1.29, 1.82) is 0 Å². The van der Waals surface area contributed by atoms with Gasteiger partial charge >= 0.3 is 0 Å². The third-order valence-corrected chi connectivity index (χ3v) is 9.63. The molecule has 3 aliphatic heterocycles. The van der Waals surface area contributed by atoms with E-state index >= 15 is 0 Å². The molecule has 2 aromatic carbocycles. The van der Waals surface area contributed by atoms with Crippen LogP contribution in [0.25, 0.3) is 0 Å². The molecule has 6 rings (SSSR count). The maximum Gasteiger partial charge on any atom is 0.229 e. The average molecular weight is 587 g/mol. The molecule has 4 fully saturated rings. The van der Waals surface area contributed by atoms with Crippen LogP contribution in [0, 0.1) is 17.3 Å². The minimum Gasteiger partial charge on any atom is -0.341 e. The molecule has 7 heteroatoms. The van der Waals surface area contributed by atoms with E-state index in [0.717, 1.165) is 75.8 Å². The van der Waals surface area contributed by atoms with Crippen molar-refractivity contribution in [2.75, 3.05) is 39.3 Å². The van der Waals surface area contributed by atoms with Gasteiger partial charge in [-0.15, -0.1) is 12.4 Å². The number of benzene rings is 2. The first-order valence-corrected chi connectivity index (χ1v) is 14.4. The van der Waals surface area contributed by atoms with Crippen LogP contribution in [0.15, 0.2) is 59.1 Å². The third-order valence-electron chi connectivity index (χ3n) is 9.10. The zero-order valence-electron chi connectivity index (χ0n) is 21.4. The molecule has 1 aliphatic carbocycles. The molecule has 0 aromatic heterocycles. The number of piperidine rings is 1. The highest BCUT2D eigenvalue weighted by molar-refractivity contribution is 9.10. The highest BCUT2D eigenvalue weighted by Gasteiger charge is 2.49. The quantitative estimate of drug-likeness (QED) is 0.459.